The average Bonchev–Trinajstić information content (AvgIpc) is 2.56. The lowest BCUT2D eigenvalue weighted by molar-refractivity contribution is -0.133. The fourth-order valence-electron chi connectivity index (χ4n) is 4.37. The number of aliphatic hydroxyl groups is 1. The highest BCUT2D eigenvalue weighted by molar-refractivity contribution is 5.60. The van der Waals surface area contributed by atoms with Gasteiger partial charge in [-0.05, 0) is 38.0 Å². The van der Waals surface area contributed by atoms with Gasteiger partial charge < -0.3 is 14.6 Å². The van der Waals surface area contributed by atoms with E-state index in [-0.39, 0.29) is 18.6 Å². The number of aliphatic hydroxyl groups excluding tert-OH is 1. The Morgan fingerprint density at radius 3 is 2.14 bits per heavy atom. The summed E-state index contributed by atoms with van der Waals surface area (Å²) in [5.41, 5.74) is -0.568. The molecule has 0 aromatic rings. The van der Waals surface area contributed by atoms with Gasteiger partial charge in [-0.2, -0.15) is 0 Å². The van der Waals surface area contributed by atoms with Crippen molar-refractivity contribution >= 4 is 6.29 Å². The first-order valence-electron chi connectivity index (χ1n) is 9.51. The molecule has 1 N–H and O–H groups in total. The molecule has 0 bridgehead atoms. The van der Waals surface area contributed by atoms with Crippen molar-refractivity contribution in [1.29, 1.82) is 0 Å². The second kappa shape index (κ2) is 9.67. The van der Waals surface area contributed by atoms with E-state index < -0.39 is 5.41 Å². The van der Waals surface area contributed by atoms with Crippen molar-refractivity contribution in [1.82, 2.24) is 0 Å². The maximum absolute atomic E-state index is 12.0. The first-order valence-corrected chi connectivity index (χ1v) is 9.51. The molecule has 1 heterocycles. The van der Waals surface area contributed by atoms with Gasteiger partial charge in [-0.25, -0.2) is 0 Å². The summed E-state index contributed by atoms with van der Waals surface area (Å²) in [5, 5.41) is 10.1. The molecule has 2 fully saturated rings. The zero-order valence-electron chi connectivity index (χ0n) is 14.1. The second-order valence-corrected chi connectivity index (χ2v) is 7.39. The number of aldehydes is 1. The summed E-state index contributed by atoms with van der Waals surface area (Å²) in [7, 11) is 0. The van der Waals surface area contributed by atoms with E-state index in [0.29, 0.717) is 0 Å². The Hall–Kier alpha value is -0.410. The predicted molar refractivity (Wildman–Crippen MR) is 88.8 cm³/mol. The predicted octanol–water partition coefficient (Wildman–Crippen LogP) is 4.26. The summed E-state index contributed by atoms with van der Waals surface area (Å²) in [6.07, 6.45) is 16.4. The number of ether oxygens (including phenoxy) is 1. The number of hydrogen-bond acceptors (Lipinski definition) is 3. The maximum Gasteiger partial charge on any atom is 0.128 e. The van der Waals surface area contributed by atoms with Crippen LogP contribution in [0.4, 0.5) is 0 Å². The number of carbonyl (C=O) groups excluding carboxylic acids is 1. The van der Waals surface area contributed by atoms with Crippen LogP contribution in [0.25, 0.3) is 0 Å². The van der Waals surface area contributed by atoms with E-state index in [1.54, 1.807) is 0 Å². The van der Waals surface area contributed by atoms with Crippen LogP contribution < -0.4 is 0 Å². The summed E-state index contributed by atoms with van der Waals surface area (Å²) >= 11 is 0. The lowest BCUT2D eigenvalue weighted by Crippen LogP contribution is -2.44. The van der Waals surface area contributed by atoms with E-state index in [9.17, 15) is 9.90 Å². The van der Waals surface area contributed by atoms with E-state index in [4.69, 9.17) is 4.74 Å². The summed E-state index contributed by atoms with van der Waals surface area (Å²) in [4.78, 5) is 12.0. The van der Waals surface area contributed by atoms with Gasteiger partial charge in [0.25, 0.3) is 0 Å². The standard InChI is InChI=1S/C19H34O3/c20-15-19(16-21)13-9-6-4-2-1-3-5-7-11-17(19)18-12-8-10-14-22-18/h15,17-18,21H,1-14,16H2. The van der Waals surface area contributed by atoms with Crippen molar-refractivity contribution in [2.45, 2.75) is 89.6 Å². The molecule has 2 rings (SSSR count). The van der Waals surface area contributed by atoms with Gasteiger partial charge in [0.2, 0.25) is 0 Å². The van der Waals surface area contributed by atoms with Crippen LogP contribution in [0.2, 0.25) is 0 Å². The van der Waals surface area contributed by atoms with E-state index in [1.807, 2.05) is 0 Å². The zero-order valence-corrected chi connectivity index (χ0v) is 14.1. The summed E-state index contributed by atoms with van der Waals surface area (Å²) in [6, 6.07) is 0. The van der Waals surface area contributed by atoms with Crippen LogP contribution in [0.1, 0.15) is 83.5 Å². The average molecular weight is 310 g/mol. The lowest BCUT2D eigenvalue weighted by Gasteiger charge is -2.41. The minimum Gasteiger partial charge on any atom is -0.395 e. The van der Waals surface area contributed by atoms with Gasteiger partial charge >= 0.3 is 0 Å². The number of rotatable bonds is 3. The molecule has 128 valence electrons. The van der Waals surface area contributed by atoms with E-state index in [2.05, 4.69) is 0 Å². The quantitative estimate of drug-likeness (QED) is 0.792. The van der Waals surface area contributed by atoms with Crippen LogP contribution in [0.15, 0.2) is 0 Å². The van der Waals surface area contributed by atoms with Crippen LogP contribution in [0.5, 0.6) is 0 Å². The second-order valence-electron chi connectivity index (χ2n) is 7.39. The zero-order chi connectivity index (χ0) is 15.7. The molecule has 0 amide bonds. The first-order chi connectivity index (χ1) is 10.8. The number of carbonyl (C=O) groups is 1. The van der Waals surface area contributed by atoms with Crippen LogP contribution >= 0.6 is 0 Å². The van der Waals surface area contributed by atoms with Gasteiger partial charge in [0, 0.05) is 6.61 Å². The van der Waals surface area contributed by atoms with Gasteiger partial charge in [-0.1, -0.05) is 51.4 Å². The molecule has 22 heavy (non-hydrogen) atoms. The Kier molecular flexibility index (Phi) is 7.88. The van der Waals surface area contributed by atoms with Gasteiger partial charge in [0.1, 0.15) is 6.29 Å². The monoisotopic (exact) mass is 310 g/mol. The molecule has 1 aliphatic heterocycles. The molecule has 0 aromatic heterocycles. The molecule has 1 saturated carbocycles. The summed E-state index contributed by atoms with van der Waals surface area (Å²) in [5.74, 6) is 0.203. The highest BCUT2D eigenvalue weighted by atomic mass is 16.5. The van der Waals surface area contributed by atoms with E-state index >= 15 is 0 Å². The maximum atomic E-state index is 12.0. The minimum atomic E-state index is -0.568. The Morgan fingerprint density at radius 1 is 0.909 bits per heavy atom. The third-order valence-corrected chi connectivity index (χ3v) is 5.84. The fourth-order valence-corrected chi connectivity index (χ4v) is 4.37. The van der Waals surface area contributed by atoms with Gasteiger partial charge in [-0.3, -0.25) is 0 Å². The van der Waals surface area contributed by atoms with Crippen LogP contribution in [0.3, 0.4) is 0 Å². The molecule has 1 aliphatic carbocycles. The van der Waals surface area contributed by atoms with Crippen molar-refractivity contribution in [3.05, 3.63) is 0 Å². The number of hydrogen-bond donors (Lipinski definition) is 1. The molecule has 0 radical (unpaired) electrons. The van der Waals surface area contributed by atoms with Crippen LogP contribution in [-0.4, -0.2) is 30.7 Å². The summed E-state index contributed by atoms with van der Waals surface area (Å²) < 4.78 is 6.03. The Bertz CT molecular complexity index is 312. The molecule has 1 saturated heterocycles. The smallest absolute Gasteiger partial charge is 0.128 e. The molecule has 0 spiro atoms. The van der Waals surface area contributed by atoms with Gasteiger partial charge in [-0.15, -0.1) is 0 Å². The van der Waals surface area contributed by atoms with E-state index in [1.165, 1.54) is 51.4 Å². The minimum absolute atomic E-state index is 0.0129. The Labute approximate surface area is 135 Å². The van der Waals surface area contributed by atoms with Crippen molar-refractivity contribution in [3.8, 4) is 0 Å². The van der Waals surface area contributed by atoms with Crippen molar-refractivity contribution < 1.29 is 14.6 Å². The molecule has 2 aliphatic rings. The van der Waals surface area contributed by atoms with Crippen molar-refractivity contribution in [3.63, 3.8) is 0 Å². The molecule has 3 heteroatoms. The largest absolute Gasteiger partial charge is 0.395 e. The van der Waals surface area contributed by atoms with Crippen LogP contribution in [0, 0.1) is 11.3 Å². The molecular weight excluding hydrogens is 276 g/mol. The topological polar surface area (TPSA) is 46.5 Å². The molecule has 3 nitrogen and oxygen atoms in total. The molecule has 3 atom stereocenters. The van der Waals surface area contributed by atoms with Crippen molar-refractivity contribution in [2.24, 2.45) is 11.3 Å². The van der Waals surface area contributed by atoms with Crippen LogP contribution in [-0.2, 0) is 9.53 Å². The fraction of sp³-hybridized carbons (Fsp3) is 0.947. The van der Waals surface area contributed by atoms with Gasteiger partial charge in [0.05, 0.1) is 18.1 Å². The van der Waals surface area contributed by atoms with Crippen molar-refractivity contribution in [2.75, 3.05) is 13.2 Å². The van der Waals surface area contributed by atoms with Gasteiger partial charge in [0.15, 0.2) is 0 Å². The third-order valence-electron chi connectivity index (χ3n) is 5.84. The highest BCUT2D eigenvalue weighted by Crippen LogP contribution is 2.41. The normalized spacial score (nSPS) is 36.0. The van der Waals surface area contributed by atoms with E-state index in [0.717, 1.165) is 45.0 Å². The third kappa shape index (κ3) is 4.79. The molecular formula is C19H34O3. The Morgan fingerprint density at radius 2 is 1.55 bits per heavy atom. The lowest BCUT2D eigenvalue weighted by atomic mass is 9.67. The SMILES string of the molecule is O=CC1(CO)CCCCCCCCCCC1C1CCCCO1. The highest BCUT2D eigenvalue weighted by Gasteiger charge is 2.42. The summed E-state index contributed by atoms with van der Waals surface area (Å²) in [6.45, 7) is 0.808. The Balaban J connectivity index is 2.11. The molecule has 0 aromatic carbocycles. The first kappa shape index (κ1) is 17.9. The molecule has 3 unspecified atom stereocenters.